The minimum Gasteiger partial charge on any atom is -0.371 e. The van der Waals surface area contributed by atoms with E-state index < -0.39 is 0 Å². The van der Waals surface area contributed by atoms with Crippen molar-refractivity contribution in [2.24, 2.45) is 5.73 Å². The van der Waals surface area contributed by atoms with E-state index in [1.165, 1.54) is 231 Å². The van der Waals surface area contributed by atoms with E-state index in [-0.39, 0.29) is 0 Å². The summed E-state index contributed by atoms with van der Waals surface area (Å²) in [7, 11) is 0. The van der Waals surface area contributed by atoms with Crippen molar-refractivity contribution in [1.82, 2.24) is 5.32 Å². The van der Waals surface area contributed by atoms with Crippen LogP contribution in [0.4, 0.5) is 0 Å². The van der Waals surface area contributed by atoms with Gasteiger partial charge in [-0.15, -0.1) is 12.6 Å². The van der Waals surface area contributed by atoms with E-state index >= 15 is 0 Å². The second-order valence-corrected chi connectivity index (χ2v) is 14.9. The Bertz CT molecular complexity index is 513. The van der Waals surface area contributed by atoms with Crippen molar-refractivity contribution in [1.29, 1.82) is 0 Å². The Balaban J connectivity index is 3.03. The van der Waals surface area contributed by atoms with Gasteiger partial charge in [0.1, 0.15) is 4.32 Å². The van der Waals surface area contributed by atoms with E-state index in [2.05, 4.69) is 17.9 Å². The van der Waals surface area contributed by atoms with Gasteiger partial charge in [0.05, 0.1) is 0 Å². The summed E-state index contributed by atoms with van der Waals surface area (Å²) in [5, 5.41) is 3.12. The number of nitrogens with one attached hydrogen (secondary N) is 1. The zero-order chi connectivity index (χ0) is 31.2. The van der Waals surface area contributed by atoms with E-state index in [1.807, 2.05) is 0 Å². The third kappa shape index (κ3) is 42.2. The van der Waals surface area contributed by atoms with Gasteiger partial charge < -0.3 is 11.1 Å². The highest BCUT2D eigenvalue weighted by Gasteiger charge is 1.98. The molecule has 0 spiro atoms. The molecule has 0 aromatic carbocycles. The van der Waals surface area contributed by atoms with Gasteiger partial charge in [-0.05, 0) is 19.4 Å². The number of hydrogen-bond donors (Lipinski definition) is 3. The normalized spacial score (nSPS) is 11.4. The first kappa shape index (κ1) is 43.2. The van der Waals surface area contributed by atoms with Crippen molar-refractivity contribution in [3.63, 3.8) is 0 Å². The molecular formula is C39H80N2S2. The molecule has 0 atom stereocenters. The molecule has 3 N–H and O–H groups in total. The average Bonchev–Trinajstić information content (AvgIpc) is 3.00. The molecule has 0 aliphatic carbocycles. The molecule has 0 rings (SSSR count). The van der Waals surface area contributed by atoms with E-state index in [0.29, 0.717) is 4.32 Å². The third-order valence-electron chi connectivity index (χ3n) is 9.41. The van der Waals surface area contributed by atoms with Crippen molar-refractivity contribution >= 4 is 29.2 Å². The van der Waals surface area contributed by atoms with Gasteiger partial charge in [0.2, 0.25) is 0 Å². The monoisotopic (exact) mass is 641 g/mol. The molecule has 2 nitrogen and oxygen atoms in total. The van der Waals surface area contributed by atoms with Gasteiger partial charge in [0, 0.05) is 6.54 Å². The summed E-state index contributed by atoms with van der Waals surface area (Å²) >= 11 is 9.00. The maximum Gasteiger partial charge on any atom is 0.130 e. The maximum absolute atomic E-state index is 5.55. The molecule has 0 aromatic rings. The molecule has 258 valence electrons. The fourth-order valence-electron chi connectivity index (χ4n) is 6.48. The van der Waals surface area contributed by atoms with E-state index in [4.69, 9.17) is 18.0 Å². The molecule has 4 heteroatoms. The number of thiocarbonyl (C=S) groups is 1. The topological polar surface area (TPSA) is 38.0 Å². The Morgan fingerprint density at radius 3 is 0.651 bits per heavy atom. The van der Waals surface area contributed by atoms with Crippen LogP contribution in [0.5, 0.6) is 0 Å². The van der Waals surface area contributed by atoms with Gasteiger partial charge in [-0.25, -0.2) is 0 Å². The quantitative estimate of drug-likeness (QED) is 0.0357. The van der Waals surface area contributed by atoms with Crippen LogP contribution in [-0.2, 0) is 0 Å². The fourth-order valence-corrected chi connectivity index (χ4v) is 6.69. The van der Waals surface area contributed by atoms with Crippen molar-refractivity contribution in [3.05, 3.63) is 0 Å². The van der Waals surface area contributed by atoms with E-state index in [0.717, 1.165) is 13.1 Å². The summed E-state index contributed by atoms with van der Waals surface area (Å²) in [6, 6.07) is 0. The Hall–Kier alpha value is 0.200. The van der Waals surface area contributed by atoms with Crippen LogP contribution in [0.2, 0.25) is 0 Å². The number of unbranched alkanes of at least 4 members (excludes halogenated alkanes) is 35. The minimum atomic E-state index is 0.630. The lowest BCUT2D eigenvalue weighted by Gasteiger charge is -2.05. The Kier molecular flexibility index (Phi) is 40.4. The molecule has 0 radical (unpaired) electrons. The molecule has 0 amide bonds. The van der Waals surface area contributed by atoms with Gasteiger partial charge >= 0.3 is 0 Å². The molecule has 0 aromatic heterocycles. The lowest BCUT2D eigenvalue weighted by Crippen LogP contribution is -2.17. The van der Waals surface area contributed by atoms with Crippen molar-refractivity contribution in [2.45, 2.75) is 231 Å². The number of hydrogen-bond acceptors (Lipinski definition) is 2. The van der Waals surface area contributed by atoms with Crippen LogP contribution < -0.4 is 11.1 Å². The fraction of sp³-hybridized carbons (Fsp3) is 0.974. The predicted molar refractivity (Wildman–Crippen MR) is 205 cm³/mol. The molecule has 0 heterocycles. The molecule has 0 saturated carbocycles. The van der Waals surface area contributed by atoms with Gasteiger partial charge in [-0.1, -0.05) is 231 Å². The second kappa shape index (κ2) is 40.2. The molecule has 43 heavy (non-hydrogen) atoms. The summed E-state index contributed by atoms with van der Waals surface area (Å²) in [6.45, 7) is 1.86. The van der Waals surface area contributed by atoms with Crippen molar-refractivity contribution in [3.8, 4) is 0 Å². The zero-order valence-corrected chi connectivity index (χ0v) is 31.0. The molecule has 0 unspecified atom stereocenters. The summed E-state index contributed by atoms with van der Waals surface area (Å²) in [5.41, 5.74) is 5.55. The predicted octanol–water partition coefficient (Wildman–Crippen LogP) is 13.8. The smallest absolute Gasteiger partial charge is 0.130 e. The van der Waals surface area contributed by atoms with Gasteiger partial charge in [-0.3, -0.25) is 0 Å². The summed E-state index contributed by atoms with van der Waals surface area (Å²) in [4.78, 5) is 0. The molecule has 0 fully saturated rings. The SMILES string of the molecule is NCCCCCCCCCCCCCCCCCCCCCCCCCCCCCCCCCCCCCCNC(=S)S. The minimum absolute atomic E-state index is 0.630. The third-order valence-corrected chi connectivity index (χ3v) is 9.71. The number of rotatable bonds is 38. The maximum atomic E-state index is 5.55. The summed E-state index contributed by atoms with van der Waals surface area (Å²) in [6.07, 6.45) is 51.9. The molecular weight excluding hydrogens is 561 g/mol. The summed E-state index contributed by atoms with van der Waals surface area (Å²) < 4.78 is 0.630. The number of nitrogens with two attached hydrogens (primary N) is 1. The van der Waals surface area contributed by atoms with E-state index in [9.17, 15) is 0 Å². The van der Waals surface area contributed by atoms with Crippen LogP contribution in [0.25, 0.3) is 0 Å². The Morgan fingerprint density at radius 2 is 0.488 bits per heavy atom. The van der Waals surface area contributed by atoms with Crippen LogP contribution >= 0.6 is 24.8 Å². The van der Waals surface area contributed by atoms with Crippen molar-refractivity contribution < 1.29 is 0 Å². The van der Waals surface area contributed by atoms with Crippen molar-refractivity contribution in [2.75, 3.05) is 13.1 Å². The van der Waals surface area contributed by atoms with Gasteiger partial charge in [0.25, 0.3) is 0 Å². The van der Waals surface area contributed by atoms with Gasteiger partial charge in [-0.2, -0.15) is 0 Å². The first-order chi connectivity index (χ1) is 21.3. The van der Waals surface area contributed by atoms with Crippen LogP contribution in [0, 0.1) is 0 Å². The molecule has 0 aliphatic rings. The Labute approximate surface area is 283 Å². The Morgan fingerprint density at radius 1 is 0.326 bits per heavy atom. The average molecular weight is 641 g/mol. The van der Waals surface area contributed by atoms with Gasteiger partial charge in [0.15, 0.2) is 0 Å². The number of thiol groups is 1. The summed E-state index contributed by atoms with van der Waals surface area (Å²) in [5.74, 6) is 0. The van der Waals surface area contributed by atoms with Crippen LogP contribution in [0.3, 0.4) is 0 Å². The van der Waals surface area contributed by atoms with E-state index in [1.54, 1.807) is 0 Å². The second-order valence-electron chi connectivity index (χ2n) is 13.7. The highest BCUT2D eigenvalue weighted by Crippen LogP contribution is 2.17. The molecule has 0 aliphatic heterocycles. The molecule has 0 bridgehead atoms. The first-order valence-electron chi connectivity index (χ1n) is 19.9. The zero-order valence-electron chi connectivity index (χ0n) is 29.3. The van der Waals surface area contributed by atoms with Crippen LogP contribution in [0.1, 0.15) is 231 Å². The highest BCUT2D eigenvalue weighted by atomic mass is 32.1. The largest absolute Gasteiger partial charge is 0.371 e. The molecule has 0 saturated heterocycles. The lowest BCUT2D eigenvalue weighted by atomic mass is 10.0. The van der Waals surface area contributed by atoms with Crippen LogP contribution in [-0.4, -0.2) is 17.4 Å². The first-order valence-corrected chi connectivity index (χ1v) is 20.8. The highest BCUT2D eigenvalue weighted by molar-refractivity contribution is 8.11. The standard InChI is InChI=1S/C39H80N2S2/c40-37-35-33-31-29-27-25-23-21-19-17-15-13-11-9-7-5-3-1-2-4-6-8-10-12-14-16-18-20-22-24-26-28-30-32-34-36-38-41-39(42)43/h1-38,40H2,(H2,41,42,43). The lowest BCUT2D eigenvalue weighted by molar-refractivity contribution is 0.510. The van der Waals surface area contributed by atoms with Crippen LogP contribution in [0.15, 0.2) is 0 Å².